The van der Waals surface area contributed by atoms with Gasteiger partial charge in [0, 0.05) is 17.8 Å². The highest BCUT2D eigenvalue weighted by molar-refractivity contribution is 7.99. The van der Waals surface area contributed by atoms with Gasteiger partial charge in [-0.3, -0.25) is 9.59 Å². The molecule has 2 aromatic carbocycles. The molecular formula is C25H30FN5O2S. The number of halogens is 1. The van der Waals surface area contributed by atoms with Gasteiger partial charge in [0.2, 0.25) is 5.91 Å². The molecule has 0 saturated carbocycles. The number of aryl methyl sites for hydroxylation is 1. The number of carbonyl (C=O) groups excluding carboxylic acids is 2. The van der Waals surface area contributed by atoms with Crippen LogP contribution in [0.15, 0.2) is 53.7 Å². The van der Waals surface area contributed by atoms with Crippen molar-refractivity contribution in [2.45, 2.75) is 51.9 Å². The van der Waals surface area contributed by atoms with Crippen LogP contribution in [-0.2, 0) is 17.8 Å². The smallest absolute Gasteiger partial charge is 0.251 e. The zero-order valence-electron chi connectivity index (χ0n) is 19.8. The van der Waals surface area contributed by atoms with Crippen LogP contribution in [-0.4, -0.2) is 32.3 Å². The van der Waals surface area contributed by atoms with E-state index >= 15 is 0 Å². The van der Waals surface area contributed by atoms with Gasteiger partial charge in [-0.1, -0.05) is 50.7 Å². The molecule has 2 N–H and O–H groups in total. The number of hydrogen-bond donors (Lipinski definition) is 2. The Kier molecular flexibility index (Phi) is 8.81. The highest BCUT2D eigenvalue weighted by atomic mass is 32.2. The van der Waals surface area contributed by atoms with Crippen molar-refractivity contribution in [2.75, 3.05) is 11.1 Å². The normalized spacial score (nSPS) is 11.9. The number of rotatable bonds is 10. The van der Waals surface area contributed by atoms with Crippen molar-refractivity contribution < 1.29 is 14.0 Å². The van der Waals surface area contributed by atoms with E-state index in [1.165, 1.54) is 36.0 Å². The number of anilines is 1. The second-order valence-electron chi connectivity index (χ2n) is 8.13. The minimum Gasteiger partial charge on any atom is -0.342 e. The quantitative estimate of drug-likeness (QED) is 0.402. The van der Waals surface area contributed by atoms with Crippen LogP contribution in [0.1, 0.15) is 55.5 Å². The van der Waals surface area contributed by atoms with E-state index in [1.807, 2.05) is 56.5 Å². The fraction of sp³-hybridized carbons (Fsp3) is 0.360. The lowest BCUT2D eigenvalue weighted by atomic mass is 10.0. The van der Waals surface area contributed by atoms with Gasteiger partial charge in [-0.05, 0) is 55.2 Å². The van der Waals surface area contributed by atoms with Crippen LogP contribution in [0.5, 0.6) is 0 Å². The summed E-state index contributed by atoms with van der Waals surface area (Å²) in [6.45, 7) is 8.56. The number of carbonyl (C=O) groups is 2. The predicted octanol–water partition coefficient (Wildman–Crippen LogP) is 4.86. The maximum absolute atomic E-state index is 13.2. The molecule has 9 heteroatoms. The highest BCUT2D eigenvalue weighted by Gasteiger charge is 2.26. The SMILES string of the molecule is CCc1ccccc1NC(=O)CSc1nnc(C(NC(=O)c2ccc(F)cc2)C(C)C)n1CC. The van der Waals surface area contributed by atoms with Crippen molar-refractivity contribution >= 4 is 29.3 Å². The average Bonchev–Trinajstić information content (AvgIpc) is 3.24. The summed E-state index contributed by atoms with van der Waals surface area (Å²) in [5, 5.41) is 15.2. The molecule has 1 atom stereocenters. The zero-order valence-corrected chi connectivity index (χ0v) is 20.7. The van der Waals surface area contributed by atoms with E-state index in [-0.39, 0.29) is 23.5 Å². The number of para-hydroxylation sites is 1. The third-order valence-corrected chi connectivity index (χ3v) is 6.37. The van der Waals surface area contributed by atoms with Crippen molar-refractivity contribution in [3.63, 3.8) is 0 Å². The first-order valence-corrected chi connectivity index (χ1v) is 12.3. The monoisotopic (exact) mass is 483 g/mol. The van der Waals surface area contributed by atoms with E-state index in [9.17, 15) is 14.0 Å². The molecule has 0 fully saturated rings. The van der Waals surface area contributed by atoms with Gasteiger partial charge in [0.25, 0.3) is 5.91 Å². The largest absolute Gasteiger partial charge is 0.342 e. The van der Waals surface area contributed by atoms with E-state index in [2.05, 4.69) is 20.8 Å². The summed E-state index contributed by atoms with van der Waals surface area (Å²) in [5.41, 5.74) is 2.27. The van der Waals surface area contributed by atoms with Gasteiger partial charge in [0.1, 0.15) is 5.82 Å². The summed E-state index contributed by atoms with van der Waals surface area (Å²) >= 11 is 1.30. The summed E-state index contributed by atoms with van der Waals surface area (Å²) in [6, 6.07) is 12.7. The van der Waals surface area contributed by atoms with Crippen LogP contribution in [0.2, 0.25) is 0 Å². The Morgan fingerprint density at radius 1 is 1.06 bits per heavy atom. The number of benzene rings is 2. The number of aromatic nitrogens is 3. The molecule has 3 rings (SSSR count). The standard InChI is InChI=1S/C25H30FN5O2S/c1-5-17-9-7-8-10-20(17)27-21(32)15-34-25-30-29-23(31(25)6-2)22(16(3)4)28-24(33)18-11-13-19(26)14-12-18/h7-14,16,22H,5-6,15H2,1-4H3,(H,27,32)(H,28,33). The molecule has 0 aliphatic rings. The Bertz CT molecular complexity index is 1130. The first-order valence-electron chi connectivity index (χ1n) is 11.3. The first-order chi connectivity index (χ1) is 16.3. The Labute approximate surface area is 203 Å². The lowest BCUT2D eigenvalue weighted by Gasteiger charge is -2.22. The Hall–Kier alpha value is -3.20. The molecule has 34 heavy (non-hydrogen) atoms. The molecule has 1 heterocycles. The summed E-state index contributed by atoms with van der Waals surface area (Å²) in [7, 11) is 0. The van der Waals surface area contributed by atoms with Crippen molar-refractivity contribution in [1.82, 2.24) is 20.1 Å². The van der Waals surface area contributed by atoms with Crippen LogP contribution < -0.4 is 10.6 Å². The molecule has 1 unspecified atom stereocenters. The van der Waals surface area contributed by atoms with E-state index in [0.29, 0.717) is 23.1 Å². The molecule has 2 amide bonds. The van der Waals surface area contributed by atoms with Crippen LogP contribution in [0.4, 0.5) is 10.1 Å². The molecule has 0 aliphatic heterocycles. The van der Waals surface area contributed by atoms with Crippen molar-refractivity contribution in [2.24, 2.45) is 5.92 Å². The maximum Gasteiger partial charge on any atom is 0.251 e. The summed E-state index contributed by atoms with van der Waals surface area (Å²) in [6.07, 6.45) is 0.831. The van der Waals surface area contributed by atoms with Gasteiger partial charge in [0.05, 0.1) is 11.8 Å². The third kappa shape index (κ3) is 6.22. The molecule has 0 spiro atoms. The van der Waals surface area contributed by atoms with E-state index < -0.39 is 11.9 Å². The van der Waals surface area contributed by atoms with Gasteiger partial charge >= 0.3 is 0 Å². The van der Waals surface area contributed by atoms with Crippen molar-refractivity contribution in [3.05, 3.63) is 71.3 Å². The topological polar surface area (TPSA) is 88.9 Å². The van der Waals surface area contributed by atoms with E-state index in [0.717, 1.165) is 17.7 Å². The molecule has 1 aromatic heterocycles. The predicted molar refractivity (Wildman–Crippen MR) is 132 cm³/mol. The molecule has 0 aliphatic carbocycles. The fourth-order valence-electron chi connectivity index (χ4n) is 3.56. The summed E-state index contributed by atoms with van der Waals surface area (Å²) in [4.78, 5) is 25.3. The minimum absolute atomic E-state index is 0.0330. The lowest BCUT2D eigenvalue weighted by molar-refractivity contribution is -0.113. The Balaban J connectivity index is 1.71. The first kappa shape index (κ1) is 25.4. The molecule has 7 nitrogen and oxygen atoms in total. The number of hydrogen-bond acceptors (Lipinski definition) is 5. The molecule has 3 aromatic rings. The molecular weight excluding hydrogens is 453 g/mol. The molecule has 0 saturated heterocycles. The van der Waals surface area contributed by atoms with E-state index in [4.69, 9.17) is 0 Å². The number of thioether (sulfide) groups is 1. The number of nitrogens with one attached hydrogen (secondary N) is 2. The molecule has 0 bridgehead atoms. The van der Waals surface area contributed by atoms with Gasteiger partial charge < -0.3 is 15.2 Å². The molecule has 180 valence electrons. The van der Waals surface area contributed by atoms with Crippen LogP contribution in [0, 0.1) is 11.7 Å². The Morgan fingerprint density at radius 2 is 1.76 bits per heavy atom. The third-order valence-electron chi connectivity index (χ3n) is 5.40. The van der Waals surface area contributed by atoms with Gasteiger partial charge in [0.15, 0.2) is 11.0 Å². The van der Waals surface area contributed by atoms with Crippen molar-refractivity contribution in [1.29, 1.82) is 0 Å². The van der Waals surface area contributed by atoms with Crippen LogP contribution in [0.3, 0.4) is 0 Å². The van der Waals surface area contributed by atoms with Gasteiger partial charge in [-0.15, -0.1) is 10.2 Å². The average molecular weight is 484 g/mol. The number of nitrogens with zero attached hydrogens (tertiary/aromatic N) is 3. The summed E-state index contributed by atoms with van der Waals surface area (Å²) in [5.74, 6) is 0.00444. The minimum atomic E-state index is -0.399. The lowest BCUT2D eigenvalue weighted by Crippen LogP contribution is -2.33. The highest BCUT2D eigenvalue weighted by Crippen LogP contribution is 2.26. The fourth-order valence-corrected chi connectivity index (χ4v) is 4.37. The van der Waals surface area contributed by atoms with E-state index in [1.54, 1.807) is 0 Å². The van der Waals surface area contributed by atoms with Crippen LogP contribution >= 0.6 is 11.8 Å². The zero-order chi connectivity index (χ0) is 24.7. The maximum atomic E-state index is 13.2. The van der Waals surface area contributed by atoms with Gasteiger partial charge in [-0.2, -0.15) is 0 Å². The molecule has 0 radical (unpaired) electrons. The van der Waals surface area contributed by atoms with Crippen LogP contribution in [0.25, 0.3) is 0 Å². The number of amides is 2. The Morgan fingerprint density at radius 3 is 2.41 bits per heavy atom. The summed E-state index contributed by atoms with van der Waals surface area (Å²) < 4.78 is 15.1. The van der Waals surface area contributed by atoms with Gasteiger partial charge in [-0.25, -0.2) is 4.39 Å². The second kappa shape index (κ2) is 11.8. The second-order valence-corrected chi connectivity index (χ2v) is 9.08. The van der Waals surface area contributed by atoms with Crippen molar-refractivity contribution in [3.8, 4) is 0 Å².